The van der Waals surface area contributed by atoms with Gasteiger partial charge < -0.3 is 18.8 Å². The molecule has 0 saturated carbocycles. The molecule has 9 heteroatoms. The minimum atomic E-state index is -3.71. The summed E-state index contributed by atoms with van der Waals surface area (Å²) >= 11 is 0. The summed E-state index contributed by atoms with van der Waals surface area (Å²) in [5, 5.41) is 0. The second kappa shape index (κ2) is 10.7. The van der Waals surface area contributed by atoms with Crippen molar-refractivity contribution in [2.24, 2.45) is 0 Å². The van der Waals surface area contributed by atoms with Crippen molar-refractivity contribution in [2.75, 3.05) is 51.8 Å². The van der Waals surface area contributed by atoms with Crippen molar-refractivity contribution in [1.29, 1.82) is 0 Å². The van der Waals surface area contributed by atoms with Crippen LogP contribution in [0.5, 0.6) is 11.5 Å². The lowest BCUT2D eigenvalue weighted by Crippen LogP contribution is -2.49. The van der Waals surface area contributed by atoms with Gasteiger partial charge in [-0.05, 0) is 73.5 Å². The van der Waals surface area contributed by atoms with Crippen molar-refractivity contribution in [2.45, 2.75) is 24.8 Å². The molecule has 1 atom stereocenters. The Morgan fingerprint density at radius 2 is 1.63 bits per heavy atom. The molecule has 0 radical (unpaired) electrons. The topological polar surface area (TPSA) is 84.2 Å². The Bertz CT molecular complexity index is 1200. The number of benzene rings is 2. The Labute approximate surface area is 207 Å². The first-order valence-corrected chi connectivity index (χ1v) is 13.1. The molecule has 1 N–H and O–H groups in total. The average molecular weight is 500 g/mol. The minimum absolute atomic E-state index is 0.210. The normalized spacial score (nSPS) is 15.7. The molecule has 0 spiro atoms. The first kappa shape index (κ1) is 25.1. The van der Waals surface area contributed by atoms with Crippen LogP contribution >= 0.6 is 0 Å². The quantitative estimate of drug-likeness (QED) is 0.480. The van der Waals surface area contributed by atoms with E-state index in [1.807, 2.05) is 38.1 Å². The van der Waals surface area contributed by atoms with Gasteiger partial charge in [0.05, 0.1) is 31.4 Å². The van der Waals surface area contributed by atoms with Gasteiger partial charge in [0.2, 0.25) is 10.0 Å². The smallest absolute Gasteiger partial charge is 0.240 e. The van der Waals surface area contributed by atoms with Crippen LogP contribution < -0.4 is 19.1 Å². The van der Waals surface area contributed by atoms with Gasteiger partial charge in [-0.1, -0.05) is 0 Å². The number of aryl methyl sites for hydroxylation is 2. The van der Waals surface area contributed by atoms with Crippen LogP contribution in [-0.4, -0.2) is 60.3 Å². The molecule has 1 fully saturated rings. The molecule has 8 nitrogen and oxygen atoms in total. The van der Waals surface area contributed by atoms with Gasteiger partial charge in [-0.25, -0.2) is 13.1 Å². The van der Waals surface area contributed by atoms with Crippen LogP contribution in [0.2, 0.25) is 0 Å². The maximum absolute atomic E-state index is 13.2. The molecule has 0 aliphatic carbocycles. The number of piperazine rings is 1. The summed E-state index contributed by atoms with van der Waals surface area (Å²) in [6.07, 6.45) is 1.63. The second-order valence-corrected chi connectivity index (χ2v) is 10.5. The van der Waals surface area contributed by atoms with Gasteiger partial charge in [0.15, 0.2) is 0 Å². The number of sulfonamides is 1. The molecule has 1 aliphatic rings. The van der Waals surface area contributed by atoms with Crippen LogP contribution in [0.1, 0.15) is 22.9 Å². The van der Waals surface area contributed by atoms with Crippen molar-refractivity contribution in [1.82, 2.24) is 9.62 Å². The Hall–Kier alpha value is -3.01. The van der Waals surface area contributed by atoms with Gasteiger partial charge in [-0.3, -0.25) is 4.90 Å². The summed E-state index contributed by atoms with van der Waals surface area (Å²) in [6.45, 7) is 7.11. The third kappa shape index (κ3) is 5.63. The number of nitrogens with zero attached hydrogens (tertiary/aromatic N) is 2. The minimum Gasteiger partial charge on any atom is -0.497 e. The Morgan fingerprint density at radius 3 is 2.17 bits per heavy atom. The molecule has 4 rings (SSSR count). The number of anilines is 1. The zero-order valence-corrected chi connectivity index (χ0v) is 21.5. The highest BCUT2D eigenvalue weighted by atomic mass is 32.2. The zero-order chi connectivity index (χ0) is 25.0. The third-order valence-corrected chi connectivity index (χ3v) is 7.88. The van der Waals surface area contributed by atoms with E-state index in [0.29, 0.717) is 5.75 Å². The second-order valence-electron chi connectivity index (χ2n) is 8.69. The van der Waals surface area contributed by atoms with Crippen molar-refractivity contribution in [3.63, 3.8) is 0 Å². The fourth-order valence-electron chi connectivity index (χ4n) is 4.63. The third-order valence-electron chi connectivity index (χ3n) is 6.48. The molecule has 35 heavy (non-hydrogen) atoms. The maximum Gasteiger partial charge on any atom is 0.240 e. The lowest BCUT2D eigenvalue weighted by Gasteiger charge is -2.39. The van der Waals surface area contributed by atoms with Crippen LogP contribution in [0.15, 0.2) is 64.1 Å². The van der Waals surface area contributed by atoms with Crippen LogP contribution in [0.25, 0.3) is 0 Å². The maximum atomic E-state index is 13.2. The van der Waals surface area contributed by atoms with E-state index >= 15 is 0 Å². The van der Waals surface area contributed by atoms with E-state index in [-0.39, 0.29) is 17.5 Å². The van der Waals surface area contributed by atoms with E-state index < -0.39 is 10.0 Å². The van der Waals surface area contributed by atoms with E-state index in [1.165, 1.54) is 0 Å². The van der Waals surface area contributed by atoms with E-state index in [9.17, 15) is 8.42 Å². The van der Waals surface area contributed by atoms with Crippen LogP contribution in [-0.2, 0) is 10.0 Å². The van der Waals surface area contributed by atoms with Gasteiger partial charge in [0.1, 0.15) is 17.3 Å². The van der Waals surface area contributed by atoms with Crippen molar-refractivity contribution >= 4 is 15.7 Å². The van der Waals surface area contributed by atoms with Crippen LogP contribution in [0.3, 0.4) is 0 Å². The summed E-state index contributed by atoms with van der Waals surface area (Å²) < 4.78 is 45.5. The number of methoxy groups -OCH3 is 2. The predicted octanol–water partition coefficient (Wildman–Crippen LogP) is 3.76. The first-order chi connectivity index (χ1) is 16.8. The van der Waals surface area contributed by atoms with Crippen molar-refractivity contribution < 1.29 is 22.3 Å². The first-order valence-electron chi connectivity index (χ1n) is 11.6. The summed E-state index contributed by atoms with van der Waals surface area (Å²) in [7, 11) is -0.464. The Balaban J connectivity index is 1.46. The van der Waals surface area contributed by atoms with E-state index in [4.69, 9.17) is 13.9 Å². The molecule has 188 valence electrons. The molecule has 2 heterocycles. The molecular formula is C26H33N3O5S. The SMILES string of the molecule is COc1ccc(N2CCN(C(CNS(=O)(=O)c3cc(C)c(OC)c(C)c3)c3ccco3)CC2)cc1. The number of furan rings is 1. The predicted molar refractivity (Wildman–Crippen MR) is 136 cm³/mol. The standard InChI is InChI=1S/C26H33N3O5S/c1-19-16-23(17-20(2)26(19)33-4)35(30,31)27-18-24(25-6-5-15-34-25)29-13-11-28(12-14-29)21-7-9-22(32-3)10-8-21/h5-10,15-17,24,27H,11-14,18H2,1-4H3. The van der Waals surface area contributed by atoms with E-state index in [1.54, 1.807) is 32.6 Å². The fourth-order valence-corrected chi connectivity index (χ4v) is 5.84. The fraction of sp³-hybridized carbons (Fsp3) is 0.385. The van der Waals surface area contributed by atoms with Crippen molar-refractivity contribution in [3.8, 4) is 11.5 Å². The van der Waals surface area contributed by atoms with Gasteiger partial charge in [0, 0.05) is 38.4 Å². The Morgan fingerprint density at radius 1 is 0.971 bits per heavy atom. The van der Waals surface area contributed by atoms with Crippen LogP contribution in [0.4, 0.5) is 5.69 Å². The van der Waals surface area contributed by atoms with Gasteiger partial charge in [-0.2, -0.15) is 0 Å². The molecule has 3 aromatic rings. The number of hydrogen-bond acceptors (Lipinski definition) is 7. The summed E-state index contributed by atoms with van der Waals surface area (Å²) in [5.74, 6) is 2.28. The molecular weight excluding hydrogens is 466 g/mol. The van der Waals surface area contributed by atoms with E-state index in [0.717, 1.165) is 54.5 Å². The molecule has 1 unspecified atom stereocenters. The lowest BCUT2D eigenvalue weighted by molar-refractivity contribution is 0.166. The monoisotopic (exact) mass is 499 g/mol. The van der Waals surface area contributed by atoms with Gasteiger partial charge >= 0.3 is 0 Å². The highest BCUT2D eigenvalue weighted by molar-refractivity contribution is 7.89. The average Bonchev–Trinajstić information content (AvgIpc) is 3.39. The highest BCUT2D eigenvalue weighted by Crippen LogP contribution is 2.28. The summed E-state index contributed by atoms with van der Waals surface area (Å²) in [5.41, 5.74) is 2.71. The zero-order valence-electron chi connectivity index (χ0n) is 20.7. The largest absolute Gasteiger partial charge is 0.497 e. The Kier molecular flexibility index (Phi) is 7.69. The molecule has 1 aliphatic heterocycles. The van der Waals surface area contributed by atoms with Gasteiger partial charge in [0.25, 0.3) is 0 Å². The lowest BCUT2D eigenvalue weighted by atomic mass is 10.1. The van der Waals surface area contributed by atoms with E-state index in [2.05, 4.69) is 26.7 Å². The summed E-state index contributed by atoms with van der Waals surface area (Å²) in [6, 6.07) is 14.9. The molecule has 0 bridgehead atoms. The summed E-state index contributed by atoms with van der Waals surface area (Å²) in [4.78, 5) is 4.82. The molecule has 1 saturated heterocycles. The van der Waals surface area contributed by atoms with Crippen molar-refractivity contribution in [3.05, 3.63) is 71.7 Å². The molecule has 2 aromatic carbocycles. The number of rotatable bonds is 9. The van der Waals surface area contributed by atoms with Crippen LogP contribution in [0, 0.1) is 13.8 Å². The highest BCUT2D eigenvalue weighted by Gasteiger charge is 2.29. The number of hydrogen-bond donors (Lipinski definition) is 1. The molecule has 0 amide bonds. The number of nitrogens with one attached hydrogen (secondary N) is 1. The van der Waals surface area contributed by atoms with Gasteiger partial charge in [-0.15, -0.1) is 0 Å². The number of ether oxygens (including phenoxy) is 2. The molecule has 1 aromatic heterocycles.